The van der Waals surface area contributed by atoms with Crippen molar-refractivity contribution >= 4 is 22.4 Å². The molecule has 1 aliphatic rings. The van der Waals surface area contributed by atoms with Crippen LogP contribution in [0.4, 0.5) is 5.13 Å². The quantitative estimate of drug-likeness (QED) is 0.925. The van der Waals surface area contributed by atoms with Gasteiger partial charge in [-0.3, -0.25) is 0 Å². The molecule has 1 saturated heterocycles. The van der Waals surface area contributed by atoms with Gasteiger partial charge < -0.3 is 14.7 Å². The monoisotopic (exact) mass is 312 g/mol. The number of rotatable bonds is 4. The Balaban J connectivity index is 2.33. The van der Waals surface area contributed by atoms with E-state index in [1.165, 1.54) is 11.3 Å². The van der Waals surface area contributed by atoms with E-state index in [9.17, 15) is 9.90 Å². The summed E-state index contributed by atoms with van der Waals surface area (Å²) in [6.07, 6.45) is 1.60. The number of aromatic nitrogens is 1. The average Bonchev–Trinajstić information content (AvgIpc) is 2.69. The van der Waals surface area contributed by atoms with Crippen LogP contribution in [0.5, 0.6) is 0 Å². The first-order valence-corrected chi connectivity index (χ1v) is 8.13. The number of morpholine rings is 1. The molecule has 1 aromatic rings. The highest BCUT2D eigenvalue weighted by Crippen LogP contribution is 2.34. The summed E-state index contributed by atoms with van der Waals surface area (Å²) < 4.78 is 6.06. The SMILES string of the molecule is CCCc1nc(N2CC(C)(C)OC(C)(C)C2)sc1C(=O)O. The van der Waals surface area contributed by atoms with Gasteiger partial charge in [0.25, 0.3) is 0 Å². The second-order valence-electron chi connectivity index (χ2n) is 6.80. The minimum atomic E-state index is -0.881. The van der Waals surface area contributed by atoms with Gasteiger partial charge in [0.2, 0.25) is 0 Å². The summed E-state index contributed by atoms with van der Waals surface area (Å²) in [4.78, 5) is 18.5. The van der Waals surface area contributed by atoms with Gasteiger partial charge in [-0.25, -0.2) is 9.78 Å². The standard InChI is InChI=1S/C15H24N2O3S/c1-6-7-10-11(12(18)19)21-13(16-10)17-8-14(2,3)20-15(4,5)9-17/h6-9H2,1-5H3,(H,18,19). The molecule has 1 N–H and O–H groups in total. The van der Waals surface area contributed by atoms with E-state index < -0.39 is 5.97 Å². The molecule has 1 fully saturated rings. The molecule has 0 amide bonds. The van der Waals surface area contributed by atoms with E-state index in [0.29, 0.717) is 30.1 Å². The van der Waals surface area contributed by atoms with Gasteiger partial charge in [-0.05, 0) is 34.1 Å². The summed E-state index contributed by atoms with van der Waals surface area (Å²) >= 11 is 1.28. The number of nitrogens with zero attached hydrogens (tertiary/aromatic N) is 2. The van der Waals surface area contributed by atoms with Crippen molar-refractivity contribution in [2.75, 3.05) is 18.0 Å². The number of carboxylic acids is 1. The Morgan fingerprint density at radius 2 is 1.90 bits per heavy atom. The van der Waals surface area contributed by atoms with Crippen LogP contribution in [-0.4, -0.2) is 40.4 Å². The summed E-state index contributed by atoms with van der Waals surface area (Å²) in [6.45, 7) is 11.7. The highest BCUT2D eigenvalue weighted by atomic mass is 32.1. The van der Waals surface area contributed by atoms with Crippen LogP contribution in [-0.2, 0) is 11.2 Å². The smallest absolute Gasteiger partial charge is 0.347 e. The van der Waals surface area contributed by atoms with Crippen LogP contribution >= 0.6 is 11.3 Å². The van der Waals surface area contributed by atoms with Crippen molar-refractivity contribution in [2.45, 2.75) is 58.7 Å². The molecule has 21 heavy (non-hydrogen) atoms. The predicted molar refractivity (Wildman–Crippen MR) is 84.5 cm³/mol. The van der Waals surface area contributed by atoms with Crippen LogP contribution in [0.15, 0.2) is 0 Å². The second-order valence-corrected chi connectivity index (χ2v) is 7.78. The Kier molecular flexibility index (Phi) is 4.31. The summed E-state index contributed by atoms with van der Waals surface area (Å²) in [5.74, 6) is -0.881. The lowest BCUT2D eigenvalue weighted by Crippen LogP contribution is -2.57. The zero-order valence-corrected chi connectivity index (χ0v) is 14.2. The molecule has 1 aromatic heterocycles. The maximum absolute atomic E-state index is 11.4. The van der Waals surface area contributed by atoms with E-state index in [1.54, 1.807) is 0 Å². The van der Waals surface area contributed by atoms with E-state index in [0.717, 1.165) is 11.6 Å². The van der Waals surface area contributed by atoms with E-state index in [-0.39, 0.29) is 11.2 Å². The van der Waals surface area contributed by atoms with E-state index in [4.69, 9.17) is 4.74 Å². The number of carbonyl (C=O) groups is 1. The van der Waals surface area contributed by atoms with E-state index in [1.807, 2.05) is 6.92 Å². The van der Waals surface area contributed by atoms with Crippen LogP contribution < -0.4 is 4.90 Å². The zero-order chi connectivity index (χ0) is 15.8. The highest BCUT2D eigenvalue weighted by Gasteiger charge is 2.39. The van der Waals surface area contributed by atoms with Gasteiger partial charge in [-0.15, -0.1) is 0 Å². The third-order valence-corrected chi connectivity index (χ3v) is 4.48. The summed E-state index contributed by atoms with van der Waals surface area (Å²) in [5.41, 5.74) is 0.149. The topological polar surface area (TPSA) is 62.7 Å². The van der Waals surface area contributed by atoms with Crippen LogP contribution in [0.1, 0.15) is 56.4 Å². The van der Waals surface area contributed by atoms with Crippen molar-refractivity contribution in [2.24, 2.45) is 0 Å². The lowest BCUT2D eigenvalue weighted by atomic mass is 9.99. The molecule has 118 valence electrons. The number of carboxylic acid groups (broad SMARTS) is 1. The van der Waals surface area contributed by atoms with Crippen LogP contribution in [0.2, 0.25) is 0 Å². The first-order chi connectivity index (χ1) is 9.63. The Morgan fingerprint density at radius 1 is 1.33 bits per heavy atom. The van der Waals surface area contributed by atoms with Gasteiger partial charge in [0.05, 0.1) is 16.9 Å². The van der Waals surface area contributed by atoms with Crippen molar-refractivity contribution in [3.63, 3.8) is 0 Å². The average molecular weight is 312 g/mol. The highest BCUT2D eigenvalue weighted by molar-refractivity contribution is 7.17. The molecule has 0 aromatic carbocycles. The second kappa shape index (κ2) is 5.57. The number of aryl methyl sites for hydroxylation is 1. The van der Waals surface area contributed by atoms with Crippen LogP contribution in [0.25, 0.3) is 0 Å². The van der Waals surface area contributed by atoms with Crippen molar-refractivity contribution in [1.82, 2.24) is 4.98 Å². The third kappa shape index (κ3) is 3.74. The molecule has 0 atom stereocenters. The van der Waals surface area contributed by atoms with Crippen LogP contribution in [0, 0.1) is 0 Å². The van der Waals surface area contributed by atoms with Gasteiger partial charge in [0.1, 0.15) is 4.88 Å². The molecule has 0 radical (unpaired) electrons. The van der Waals surface area contributed by atoms with Crippen molar-refractivity contribution in [1.29, 1.82) is 0 Å². The molecule has 0 unspecified atom stereocenters. The fraction of sp³-hybridized carbons (Fsp3) is 0.733. The molecule has 0 aliphatic carbocycles. The molecule has 0 bridgehead atoms. The molecule has 2 rings (SSSR count). The first-order valence-electron chi connectivity index (χ1n) is 7.32. The molecular formula is C15H24N2O3S. The molecule has 0 spiro atoms. The zero-order valence-electron chi connectivity index (χ0n) is 13.4. The number of ether oxygens (including phenoxy) is 1. The summed E-state index contributed by atoms with van der Waals surface area (Å²) in [7, 11) is 0. The molecule has 0 saturated carbocycles. The Bertz CT molecular complexity index is 521. The van der Waals surface area contributed by atoms with Crippen LogP contribution in [0.3, 0.4) is 0 Å². The fourth-order valence-electron chi connectivity index (χ4n) is 2.97. The predicted octanol–water partition coefficient (Wildman–Crippen LogP) is 3.19. The van der Waals surface area contributed by atoms with Crippen molar-refractivity contribution in [3.8, 4) is 0 Å². The first kappa shape index (κ1) is 16.2. The maximum atomic E-state index is 11.4. The number of thiazole rings is 1. The number of hydrogen-bond donors (Lipinski definition) is 1. The summed E-state index contributed by atoms with van der Waals surface area (Å²) in [6, 6.07) is 0. The van der Waals surface area contributed by atoms with Gasteiger partial charge in [0.15, 0.2) is 5.13 Å². The van der Waals surface area contributed by atoms with E-state index >= 15 is 0 Å². The third-order valence-electron chi connectivity index (χ3n) is 3.33. The van der Waals surface area contributed by atoms with Gasteiger partial charge >= 0.3 is 5.97 Å². The van der Waals surface area contributed by atoms with Gasteiger partial charge in [0, 0.05) is 13.1 Å². The number of aromatic carboxylic acids is 1. The summed E-state index contributed by atoms with van der Waals surface area (Å²) in [5, 5.41) is 10.1. The molecule has 1 aliphatic heterocycles. The fourth-order valence-corrected chi connectivity index (χ4v) is 3.92. The van der Waals surface area contributed by atoms with Gasteiger partial charge in [-0.1, -0.05) is 24.7 Å². The molecule has 2 heterocycles. The van der Waals surface area contributed by atoms with Crippen molar-refractivity contribution < 1.29 is 14.6 Å². The van der Waals surface area contributed by atoms with E-state index in [2.05, 4.69) is 37.6 Å². The normalized spacial score (nSPS) is 20.5. The lowest BCUT2D eigenvalue weighted by molar-refractivity contribution is -0.133. The minimum absolute atomic E-state index is 0.276. The Hall–Kier alpha value is -1.14. The Labute approximate surface area is 129 Å². The van der Waals surface area contributed by atoms with Crippen molar-refractivity contribution in [3.05, 3.63) is 10.6 Å². The minimum Gasteiger partial charge on any atom is -0.477 e. The van der Waals surface area contributed by atoms with Gasteiger partial charge in [-0.2, -0.15) is 0 Å². The number of hydrogen-bond acceptors (Lipinski definition) is 5. The molecular weight excluding hydrogens is 288 g/mol. The largest absolute Gasteiger partial charge is 0.477 e. The Morgan fingerprint density at radius 3 is 2.38 bits per heavy atom. The molecule has 5 nitrogen and oxygen atoms in total. The molecule has 6 heteroatoms. The lowest BCUT2D eigenvalue weighted by Gasteiger charge is -2.47. The number of anilines is 1. The maximum Gasteiger partial charge on any atom is 0.347 e.